The third kappa shape index (κ3) is 9.86. The van der Waals surface area contributed by atoms with E-state index in [4.69, 9.17) is 10.8 Å². The first kappa shape index (κ1) is 17.9. The normalized spacial score (nSPS) is 11.4. The highest BCUT2D eigenvalue weighted by Crippen LogP contribution is 2.01. The van der Waals surface area contributed by atoms with Crippen molar-refractivity contribution in [2.45, 2.75) is 44.6 Å². The summed E-state index contributed by atoms with van der Waals surface area (Å²) in [6.07, 6.45) is 3.02. The van der Waals surface area contributed by atoms with Gasteiger partial charge in [0.15, 0.2) is 0 Å². The number of carbonyl (C=O) groups excluding carboxylic acids is 3. The zero-order valence-electron chi connectivity index (χ0n) is 11.3. The molecule has 0 aromatic carbocycles. The van der Waals surface area contributed by atoms with Gasteiger partial charge in [0.25, 0.3) is 0 Å². The van der Waals surface area contributed by atoms with Gasteiger partial charge in [-0.15, -0.1) is 0 Å². The number of nitrogens with two attached hydrogens (primary N) is 1. The van der Waals surface area contributed by atoms with E-state index in [0.29, 0.717) is 25.7 Å². The quantitative estimate of drug-likeness (QED) is 0.307. The maximum absolute atomic E-state index is 11.5. The number of primary amides is 1. The number of nitrogens with one attached hydrogen (secondary N) is 2. The average molecular weight is 287 g/mol. The molecule has 1 atom stereocenters. The SMILES string of the molecule is NC(=O)NCCCCCC(=O)NC(CCC=O)C(=O)O. The Hall–Kier alpha value is -2.12. The number of rotatable bonds is 11. The van der Waals surface area contributed by atoms with E-state index in [1.807, 2.05) is 0 Å². The second-order valence-corrected chi connectivity index (χ2v) is 4.30. The van der Waals surface area contributed by atoms with E-state index in [-0.39, 0.29) is 25.2 Å². The number of urea groups is 1. The van der Waals surface area contributed by atoms with Crippen molar-refractivity contribution in [3.8, 4) is 0 Å². The second-order valence-electron chi connectivity index (χ2n) is 4.30. The molecule has 114 valence electrons. The van der Waals surface area contributed by atoms with Gasteiger partial charge in [-0.2, -0.15) is 0 Å². The summed E-state index contributed by atoms with van der Waals surface area (Å²) in [6, 6.07) is -1.61. The van der Waals surface area contributed by atoms with Gasteiger partial charge in [0, 0.05) is 19.4 Å². The molecule has 0 aromatic heterocycles. The summed E-state index contributed by atoms with van der Waals surface area (Å²) >= 11 is 0. The van der Waals surface area contributed by atoms with Crippen LogP contribution in [-0.2, 0) is 14.4 Å². The van der Waals surface area contributed by atoms with Crippen LogP contribution in [0.2, 0.25) is 0 Å². The fourth-order valence-corrected chi connectivity index (χ4v) is 1.56. The zero-order valence-corrected chi connectivity index (χ0v) is 11.3. The molecule has 0 aromatic rings. The minimum atomic E-state index is -1.15. The van der Waals surface area contributed by atoms with Crippen LogP contribution in [0.4, 0.5) is 4.79 Å². The van der Waals surface area contributed by atoms with Crippen LogP contribution in [0.3, 0.4) is 0 Å². The molecule has 0 rings (SSSR count). The molecule has 0 heterocycles. The van der Waals surface area contributed by atoms with Crippen LogP contribution in [0, 0.1) is 0 Å². The molecule has 0 spiro atoms. The molecular weight excluding hydrogens is 266 g/mol. The lowest BCUT2D eigenvalue weighted by molar-refractivity contribution is -0.142. The van der Waals surface area contributed by atoms with E-state index >= 15 is 0 Å². The Kier molecular flexibility index (Phi) is 9.63. The first-order valence-corrected chi connectivity index (χ1v) is 6.46. The fraction of sp³-hybridized carbons (Fsp3) is 0.667. The van der Waals surface area contributed by atoms with Crippen LogP contribution < -0.4 is 16.4 Å². The summed E-state index contributed by atoms with van der Waals surface area (Å²) < 4.78 is 0. The molecule has 0 saturated heterocycles. The molecule has 0 fully saturated rings. The lowest BCUT2D eigenvalue weighted by atomic mass is 10.1. The van der Waals surface area contributed by atoms with E-state index < -0.39 is 18.0 Å². The van der Waals surface area contributed by atoms with Gasteiger partial charge in [-0.25, -0.2) is 9.59 Å². The predicted molar refractivity (Wildman–Crippen MR) is 70.9 cm³/mol. The van der Waals surface area contributed by atoms with E-state index in [1.54, 1.807) is 0 Å². The van der Waals surface area contributed by atoms with E-state index in [9.17, 15) is 19.2 Å². The highest BCUT2D eigenvalue weighted by Gasteiger charge is 2.18. The summed E-state index contributed by atoms with van der Waals surface area (Å²) in [5.74, 6) is -1.50. The molecule has 8 nitrogen and oxygen atoms in total. The molecule has 0 aliphatic carbocycles. The maximum Gasteiger partial charge on any atom is 0.326 e. The second kappa shape index (κ2) is 10.8. The molecule has 3 amide bonds. The van der Waals surface area contributed by atoms with Crippen molar-refractivity contribution in [3.63, 3.8) is 0 Å². The average Bonchev–Trinajstić information content (AvgIpc) is 2.37. The number of carbonyl (C=O) groups is 4. The number of carboxylic acid groups (broad SMARTS) is 1. The molecule has 0 aliphatic rings. The summed E-state index contributed by atoms with van der Waals surface area (Å²) in [5.41, 5.74) is 4.88. The van der Waals surface area contributed by atoms with Gasteiger partial charge >= 0.3 is 12.0 Å². The highest BCUT2D eigenvalue weighted by molar-refractivity contribution is 5.83. The van der Waals surface area contributed by atoms with Crippen LogP contribution in [0.25, 0.3) is 0 Å². The molecule has 0 bridgehead atoms. The van der Waals surface area contributed by atoms with Gasteiger partial charge in [-0.1, -0.05) is 6.42 Å². The van der Waals surface area contributed by atoms with Gasteiger partial charge in [0.2, 0.25) is 5.91 Å². The standard InChI is InChI=1S/C12H21N3O5/c13-12(20)14-7-3-1-2-6-10(17)15-9(11(18)19)5-4-8-16/h8-9H,1-7H2,(H,15,17)(H,18,19)(H3,13,14,20). The number of carboxylic acids is 1. The van der Waals surface area contributed by atoms with Crippen molar-refractivity contribution >= 4 is 24.2 Å². The van der Waals surface area contributed by atoms with Crippen LogP contribution in [-0.4, -0.2) is 41.9 Å². The number of aliphatic carboxylic acids is 1. The fourth-order valence-electron chi connectivity index (χ4n) is 1.56. The van der Waals surface area contributed by atoms with Crippen LogP contribution in [0.5, 0.6) is 0 Å². The first-order valence-electron chi connectivity index (χ1n) is 6.46. The summed E-state index contributed by atoms with van der Waals surface area (Å²) in [5, 5.41) is 13.7. The lowest BCUT2D eigenvalue weighted by Gasteiger charge is -2.13. The summed E-state index contributed by atoms with van der Waals surface area (Å²) in [4.78, 5) is 42.9. The topological polar surface area (TPSA) is 139 Å². The monoisotopic (exact) mass is 287 g/mol. The Morgan fingerprint density at radius 3 is 2.45 bits per heavy atom. The van der Waals surface area contributed by atoms with Gasteiger partial charge in [0.1, 0.15) is 12.3 Å². The van der Waals surface area contributed by atoms with Gasteiger partial charge in [-0.05, 0) is 19.3 Å². The number of hydrogen-bond acceptors (Lipinski definition) is 4. The van der Waals surface area contributed by atoms with Crippen LogP contribution in [0.15, 0.2) is 0 Å². The minimum absolute atomic E-state index is 0.0904. The van der Waals surface area contributed by atoms with Crippen LogP contribution >= 0.6 is 0 Å². The van der Waals surface area contributed by atoms with Crippen molar-refractivity contribution in [2.75, 3.05) is 6.54 Å². The van der Waals surface area contributed by atoms with Crippen molar-refractivity contribution < 1.29 is 24.3 Å². The Morgan fingerprint density at radius 2 is 1.90 bits per heavy atom. The zero-order chi connectivity index (χ0) is 15.4. The van der Waals surface area contributed by atoms with Crippen molar-refractivity contribution in [3.05, 3.63) is 0 Å². The third-order valence-electron chi connectivity index (χ3n) is 2.59. The highest BCUT2D eigenvalue weighted by atomic mass is 16.4. The minimum Gasteiger partial charge on any atom is -0.480 e. The Bertz CT molecular complexity index is 346. The molecule has 0 radical (unpaired) electrons. The van der Waals surface area contributed by atoms with E-state index in [1.165, 1.54) is 0 Å². The molecule has 5 N–H and O–H groups in total. The van der Waals surface area contributed by atoms with Gasteiger partial charge in [-0.3, -0.25) is 4.79 Å². The number of hydrogen-bond donors (Lipinski definition) is 4. The number of aldehydes is 1. The third-order valence-corrected chi connectivity index (χ3v) is 2.59. The Balaban J connectivity index is 3.76. The van der Waals surface area contributed by atoms with Crippen molar-refractivity contribution in [1.82, 2.24) is 10.6 Å². The predicted octanol–water partition coefficient (Wildman–Crippen LogP) is -0.236. The summed E-state index contributed by atoms with van der Waals surface area (Å²) in [6.45, 7) is 0.452. The van der Waals surface area contributed by atoms with Crippen molar-refractivity contribution in [2.24, 2.45) is 5.73 Å². The lowest BCUT2D eigenvalue weighted by Crippen LogP contribution is -2.40. The Morgan fingerprint density at radius 1 is 1.20 bits per heavy atom. The molecule has 0 saturated carbocycles. The molecule has 8 heteroatoms. The number of amides is 3. The maximum atomic E-state index is 11.5. The Labute approximate surface area is 117 Å². The van der Waals surface area contributed by atoms with Crippen molar-refractivity contribution in [1.29, 1.82) is 0 Å². The van der Waals surface area contributed by atoms with E-state index in [0.717, 1.165) is 6.42 Å². The first-order chi connectivity index (χ1) is 9.47. The molecular formula is C12H21N3O5. The molecule has 1 unspecified atom stereocenters. The van der Waals surface area contributed by atoms with Crippen LogP contribution in [0.1, 0.15) is 38.5 Å². The van der Waals surface area contributed by atoms with E-state index in [2.05, 4.69) is 10.6 Å². The molecule has 0 aliphatic heterocycles. The number of unbranched alkanes of at least 4 members (excludes halogenated alkanes) is 2. The smallest absolute Gasteiger partial charge is 0.326 e. The van der Waals surface area contributed by atoms with Gasteiger partial charge in [0.05, 0.1) is 0 Å². The largest absolute Gasteiger partial charge is 0.480 e. The van der Waals surface area contributed by atoms with Gasteiger partial charge < -0.3 is 26.3 Å². The summed E-state index contributed by atoms with van der Waals surface area (Å²) in [7, 11) is 0. The molecule has 20 heavy (non-hydrogen) atoms.